The molecule has 2 aromatic heterocycles. The van der Waals surface area contributed by atoms with E-state index in [2.05, 4.69) is 11.1 Å². The van der Waals surface area contributed by atoms with Gasteiger partial charge < -0.3 is 4.57 Å². The van der Waals surface area contributed by atoms with Gasteiger partial charge in [-0.15, -0.1) is 11.3 Å². The topological polar surface area (TPSA) is 84.8 Å². The number of rotatable bonds is 4. The molecular formula is C20H12N4O2S. The van der Waals surface area contributed by atoms with Gasteiger partial charge >= 0.3 is 0 Å². The van der Waals surface area contributed by atoms with Crippen LogP contribution in [0.5, 0.6) is 0 Å². The van der Waals surface area contributed by atoms with Gasteiger partial charge in [0.1, 0.15) is 11.1 Å². The summed E-state index contributed by atoms with van der Waals surface area (Å²) in [7, 11) is 0. The van der Waals surface area contributed by atoms with Crippen molar-refractivity contribution in [3.05, 3.63) is 87.7 Å². The third kappa shape index (κ3) is 3.21. The molecule has 0 fully saturated rings. The van der Waals surface area contributed by atoms with E-state index in [0.717, 1.165) is 15.9 Å². The number of thiazole rings is 1. The number of allylic oxidation sites excluding steroid dienone is 1. The molecule has 0 radical (unpaired) electrons. The zero-order valence-corrected chi connectivity index (χ0v) is 14.8. The first-order valence-corrected chi connectivity index (χ1v) is 8.87. The van der Waals surface area contributed by atoms with Crippen molar-refractivity contribution in [3.63, 3.8) is 0 Å². The lowest BCUT2D eigenvalue weighted by atomic mass is 10.2. The molecule has 6 nitrogen and oxygen atoms in total. The largest absolute Gasteiger partial charge is 0.317 e. The number of fused-ring (bicyclic) bond motifs is 1. The van der Waals surface area contributed by atoms with Crippen molar-refractivity contribution in [3.8, 4) is 11.8 Å². The van der Waals surface area contributed by atoms with Crippen LogP contribution in [0.3, 0.4) is 0 Å². The van der Waals surface area contributed by atoms with E-state index >= 15 is 0 Å². The minimum atomic E-state index is -0.426. The lowest BCUT2D eigenvalue weighted by Gasteiger charge is -2.06. The van der Waals surface area contributed by atoms with Crippen LogP contribution in [-0.2, 0) is 0 Å². The maximum atomic E-state index is 11.0. The lowest BCUT2D eigenvalue weighted by Crippen LogP contribution is -1.97. The molecular weight excluding hydrogens is 360 g/mol. The second-order valence-electron chi connectivity index (χ2n) is 5.74. The molecule has 7 heteroatoms. The summed E-state index contributed by atoms with van der Waals surface area (Å²) in [5.41, 5.74) is 2.71. The number of hydrogen-bond acceptors (Lipinski definition) is 5. The van der Waals surface area contributed by atoms with Crippen LogP contribution >= 0.6 is 11.3 Å². The second-order valence-corrected chi connectivity index (χ2v) is 6.77. The molecule has 0 saturated carbocycles. The van der Waals surface area contributed by atoms with Crippen molar-refractivity contribution < 1.29 is 4.92 Å². The monoisotopic (exact) mass is 372 g/mol. The highest BCUT2D eigenvalue weighted by Crippen LogP contribution is 2.28. The van der Waals surface area contributed by atoms with Gasteiger partial charge in [-0.05, 0) is 36.4 Å². The predicted molar refractivity (Wildman–Crippen MR) is 106 cm³/mol. The van der Waals surface area contributed by atoms with Crippen molar-refractivity contribution in [2.75, 3.05) is 0 Å². The average molecular weight is 372 g/mol. The molecule has 0 spiro atoms. The minimum absolute atomic E-state index is 0.0165. The van der Waals surface area contributed by atoms with Crippen LogP contribution in [0.1, 0.15) is 10.7 Å². The van der Waals surface area contributed by atoms with Gasteiger partial charge in [0.05, 0.1) is 26.4 Å². The molecule has 0 bridgehead atoms. The van der Waals surface area contributed by atoms with E-state index in [1.807, 2.05) is 36.4 Å². The molecule has 0 atom stereocenters. The van der Waals surface area contributed by atoms with Crippen LogP contribution in [0.4, 0.5) is 5.69 Å². The van der Waals surface area contributed by atoms with E-state index in [-0.39, 0.29) is 5.69 Å². The Bertz CT molecular complexity index is 1200. The number of nitriles is 1. The number of aromatic nitrogens is 2. The number of benzene rings is 2. The second kappa shape index (κ2) is 6.86. The van der Waals surface area contributed by atoms with Crippen molar-refractivity contribution in [1.82, 2.24) is 9.55 Å². The number of hydrogen-bond donors (Lipinski definition) is 0. The standard InChI is InChI=1S/C20H12N4O2S/c21-13-14(20-22-18-8-1-2-9-19(18)27-20)11-15-7-4-10-23(15)16-5-3-6-17(12-16)24(25)26/h1-12H. The average Bonchev–Trinajstić information content (AvgIpc) is 3.32. The zero-order valence-electron chi connectivity index (χ0n) is 13.9. The fourth-order valence-corrected chi connectivity index (χ4v) is 3.71. The van der Waals surface area contributed by atoms with Crippen molar-refractivity contribution in [1.29, 1.82) is 5.26 Å². The van der Waals surface area contributed by atoms with Gasteiger partial charge in [-0.25, -0.2) is 4.98 Å². The van der Waals surface area contributed by atoms with E-state index in [9.17, 15) is 15.4 Å². The van der Waals surface area contributed by atoms with Crippen molar-refractivity contribution in [2.45, 2.75) is 0 Å². The number of nitrogens with zero attached hydrogens (tertiary/aromatic N) is 4. The first-order chi connectivity index (χ1) is 13.2. The Morgan fingerprint density at radius 1 is 1.19 bits per heavy atom. The van der Waals surface area contributed by atoms with Gasteiger partial charge in [-0.2, -0.15) is 5.26 Å². The molecule has 27 heavy (non-hydrogen) atoms. The quantitative estimate of drug-likeness (QED) is 0.285. The molecule has 0 amide bonds. The van der Waals surface area contributed by atoms with E-state index in [0.29, 0.717) is 16.3 Å². The molecule has 0 unspecified atom stereocenters. The number of nitro benzene ring substituents is 1. The van der Waals surface area contributed by atoms with Crippen LogP contribution in [0, 0.1) is 21.4 Å². The molecule has 0 aliphatic rings. The molecule has 0 saturated heterocycles. The summed E-state index contributed by atoms with van der Waals surface area (Å²) in [6, 6.07) is 20.0. The Labute approximate surface area is 158 Å². The van der Waals surface area contributed by atoms with Crippen LogP contribution in [0.25, 0.3) is 27.6 Å². The van der Waals surface area contributed by atoms with Crippen LogP contribution in [0.15, 0.2) is 66.9 Å². The van der Waals surface area contributed by atoms with Crippen molar-refractivity contribution in [2.24, 2.45) is 0 Å². The highest BCUT2D eigenvalue weighted by molar-refractivity contribution is 7.19. The summed E-state index contributed by atoms with van der Waals surface area (Å²) in [6.45, 7) is 0. The Morgan fingerprint density at radius 2 is 2.04 bits per heavy atom. The van der Waals surface area contributed by atoms with E-state index in [1.54, 1.807) is 29.0 Å². The predicted octanol–water partition coefficient (Wildman–Crippen LogP) is 5.06. The summed E-state index contributed by atoms with van der Waals surface area (Å²) < 4.78 is 2.82. The first-order valence-electron chi connectivity index (χ1n) is 8.05. The lowest BCUT2D eigenvalue weighted by molar-refractivity contribution is -0.384. The van der Waals surface area contributed by atoms with Crippen LogP contribution < -0.4 is 0 Å². The van der Waals surface area contributed by atoms with Gasteiger partial charge in [0.2, 0.25) is 0 Å². The summed E-state index contributed by atoms with van der Waals surface area (Å²) in [6.07, 6.45) is 3.55. The smallest absolute Gasteiger partial charge is 0.271 e. The Morgan fingerprint density at radius 3 is 2.81 bits per heavy atom. The molecule has 2 aromatic carbocycles. The molecule has 2 heterocycles. The molecule has 0 aliphatic heterocycles. The maximum absolute atomic E-state index is 11.0. The SMILES string of the molecule is N#CC(=Cc1cccn1-c1cccc([N+](=O)[O-])c1)c1nc2ccccc2s1. The number of nitro groups is 1. The summed E-state index contributed by atoms with van der Waals surface area (Å²) >= 11 is 1.46. The third-order valence-corrected chi connectivity index (χ3v) is 5.11. The van der Waals surface area contributed by atoms with E-state index in [1.165, 1.54) is 23.5 Å². The van der Waals surface area contributed by atoms with Crippen molar-refractivity contribution >= 4 is 38.9 Å². The van der Waals surface area contributed by atoms with Gasteiger partial charge in [-0.1, -0.05) is 18.2 Å². The highest BCUT2D eigenvalue weighted by atomic mass is 32.1. The Hall–Kier alpha value is -3.76. The maximum Gasteiger partial charge on any atom is 0.271 e. The zero-order chi connectivity index (χ0) is 18.8. The van der Waals surface area contributed by atoms with Gasteiger partial charge in [0.25, 0.3) is 5.69 Å². The van der Waals surface area contributed by atoms with E-state index in [4.69, 9.17) is 0 Å². The minimum Gasteiger partial charge on any atom is -0.317 e. The summed E-state index contributed by atoms with van der Waals surface area (Å²) in [5.74, 6) is 0. The summed E-state index contributed by atoms with van der Waals surface area (Å²) in [5, 5.41) is 21.3. The summed E-state index contributed by atoms with van der Waals surface area (Å²) in [4.78, 5) is 15.1. The molecule has 4 aromatic rings. The molecule has 0 N–H and O–H groups in total. The fourth-order valence-electron chi connectivity index (χ4n) is 2.78. The van der Waals surface area contributed by atoms with E-state index < -0.39 is 4.92 Å². The fraction of sp³-hybridized carbons (Fsp3) is 0. The number of non-ortho nitro benzene ring substituents is 1. The Balaban J connectivity index is 1.78. The number of para-hydroxylation sites is 1. The van der Waals surface area contributed by atoms with Gasteiger partial charge in [0, 0.05) is 24.0 Å². The highest BCUT2D eigenvalue weighted by Gasteiger charge is 2.12. The van der Waals surface area contributed by atoms with Gasteiger partial charge in [-0.3, -0.25) is 10.1 Å². The van der Waals surface area contributed by atoms with Crippen LogP contribution in [0.2, 0.25) is 0 Å². The Kier molecular flexibility index (Phi) is 4.24. The molecule has 4 rings (SSSR count). The third-order valence-electron chi connectivity index (χ3n) is 4.04. The normalized spacial score (nSPS) is 11.4. The first kappa shape index (κ1) is 16.7. The molecule has 130 valence electrons. The van der Waals surface area contributed by atoms with Crippen LogP contribution in [-0.4, -0.2) is 14.5 Å². The van der Waals surface area contributed by atoms with Gasteiger partial charge in [0.15, 0.2) is 0 Å². The molecule has 0 aliphatic carbocycles.